The van der Waals surface area contributed by atoms with Crippen molar-refractivity contribution in [2.45, 2.75) is 12.8 Å². The highest BCUT2D eigenvalue weighted by molar-refractivity contribution is 5.88. The second kappa shape index (κ2) is 3.80. The van der Waals surface area contributed by atoms with Crippen molar-refractivity contribution >= 4 is 17.5 Å². The number of hydrogen-bond acceptors (Lipinski definition) is 3. The minimum atomic E-state index is -1.07. The van der Waals surface area contributed by atoms with Gasteiger partial charge in [0.25, 0.3) is 5.69 Å². The molecule has 0 atom stereocenters. The number of aryl methyl sites for hydroxylation is 1. The van der Waals surface area contributed by atoms with Crippen molar-refractivity contribution in [2.24, 2.45) is 0 Å². The molecule has 1 amide bonds. The molecule has 1 aliphatic rings. The lowest BCUT2D eigenvalue weighted by atomic mass is 10.0. The van der Waals surface area contributed by atoms with Crippen LogP contribution >= 0.6 is 0 Å². The minimum absolute atomic E-state index is 0.0769. The largest absolute Gasteiger partial charge is 0.465 e. The highest BCUT2D eigenvalue weighted by Gasteiger charge is 2.23. The molecule has 1 aromatic carbocycles. The van der Waals surface area contributed by atoms with E-state index in [-0.39, 0.29) is 5.69 Å². The van der Waals surface area contributed by atoms with Crippen LogP contribution in [0.4, 0.5) is 16.2 Å². The standard InChI is InChI=1S/C10H10N2O4/c13-10(14)11-5-1-2-7-3-4-8(12(15)16)6-9(7)11/h3-4,6H,1-2,5H2,(H,13,14). The maximum absolute atomic E-state index is 11.0. The molecule has 0 bridgehead atoms. The minimum Gasteiger partial charge on any atom is -0.465 e. The Kier molecular flexibility index (Phi) is 2.47. The molecule has 0 spiro atoms. The van der Waals surface area contributed by atoms with E-state index in [4.69, 9.17) is 5.11 Å². The molecule has 1 aromatic rings. The lowest BCUT2D eigenvalue weighted by molar-refractivity contribution is -0.384. The molecule has 1 N–H and O–H groups in total. The zero-order valence-electron chi connectivity index (χ0n) is 8.42. The van der Waals surface area contributed by atoms with Gasteiger partial charge in [-0.3, -0.25) is 15.0 Å². The van der Waals surface area contributed by atoms with Crippen molar-refractivity contribution in [3.63, 3.8) is 0 Å². The number of benzene rings is 1. The molecule has 0 fully saturated rings. The third-order valence-corrected chi connectivity index (χ3v) is 2.63. The zero-order chi connectivity index (χ0) is 11.7. The van der Waals surface area contributed by atoms with Gasteiger partial charge in [0.05, 0.1) is 10.6 Å². The van der Waals surface area contributed by atoms with Gasteiger partial charge in [-0.05, 0) is 18.4 Å². The molecule has 1 heterocycles. The molecule has 0 aliphatic carbocycles. The van der Waals surface area contributed by atoms with Crippen LogP contribution in [-0.4, -0.2) is 22.7 Å². The Morgan fingerprint density at radius 1 is 1.50 bits per heavy atom. The predicted octanol–water partition coefficient (Wildman–Crippen LogP) is 2.03. The topological polar surface area (TPSA) is 83.7 Å². The van der Waals surface area contributed by atoms with E-state index < -0.39 is 11.0 Å². The Balaban J connectivity index is 2.48. The molecule has 0 aromatic heterocycles. The van der Waals surface area contributed by atoms with Crippen LogP contribution in [-0.2, 0) is 6.42 Å². The Morgan fingerprint density at radius 3 is 2.88 bits per heavy atom. The van der Waals surface area contributed by atoms with Crippen LogP contribution in [0.3, 0.4) is 0 Å². The number of carbonyl (C=O) groups is 1. The summed E-state index contributed by atoms with van der Waals surface area (Å²) in [6.07, 6.45) is 0.440. The number of nitro groups is 1. The van der Waals surface area contributed by atoms with Gasteiger partial charge in [0.15, 0.2) is 0 Å². The molecule has 0 saturated carbocycles. The summed E-state index contributed by atoms with van der Waals surface area (Å²) in [5, 5.41) is 19.6. The van der Waals surface area contributed by atoms with Crippen LogP contribution in [0.25, 0.3) is 0 Å². The smallest absolute Gasteiger partial charge is 0.411 e. The van der Waals surface area contributed by atoms with E-state index in [0.29, 0.717) is 12.2 Å². The van der Waals surface area contributed by atoms with Gasteiger partial charge < -0.3 is 5.11 Å². The van der Waals surface area contributed by atoms with Gasteiger partial charge in [-0.1, -0.05) is 6.07 Å². The molecule has 84 valence electrons. The second-order valence-electron chi connectivity index (χ2n) is 3.61. The van der Waals surface area contributed by atoms with Crippen LogP contribution in [0, 0.1) is 10.1 Å². The maximum Gasteiger partial charge on any atom is 0.411 e. The van der Waals surface area contributed by atoms with Crippen LogP contribution in [0.2, 0.25) is 0 Å². The lowest BCUT2D eigenvalue weighted by Crippen LogP contribution is -2.34. The first kappa shape index (κ1) is 10.4. The summed E-state index contributed by atoms with van der Waals surface area (Å²) < 4.78 is 0. The molecule has 6 heteroatoms. The fourth-order valence-corrected chi connectivity index (χ4v) is 1.88. The molecular weight excluding hydrogens is 212 g/mol. The Hall–Kier alpha value is -2.11. The van der Waals surface area contributed by atoms with Crippen molar-refractivity contribution in [2.75, 3.05) is 11.4 Å². The summed E-state index contributed by atoms with van der Waals surface area (Å²) in [5.41, 5.74) is 1.21. The van der Waals surface area contributed by atoms with Gasteiger partial charge in [0.2, 0.25) is 0 Å². The average molecular weight is 222 g/mol. The Morgan fingerprint density at radius 2 is 2.25 bits per heavy atom. The van der Waals surface area contributed by atoms with Gasteiger partial charge in [-0.25, -0.2) is 4.79 Å². The summed E-state index contributed by atoms with van der Waals surface area (Å²) in [5.74, 6) is 0. The summed E-state index contributed by atoms with van der Waals surface area (Å²) >= 11 is 0. The van der Waals surface area contributed by atoms with Gasteiger partial charge >= 0.3 is 6.09 Å². The first-order valence-electron chi connectivity index (χ1n) is 4.87. The summed E-state index contributed by atoms with van der Waals surface area (Å²) in [6, 6.07) is 4.36. The summed E-state index contributed by atoms with van der Waals surface area (Å²) in [6.45, 7) is 0.392. The van der Waals surface area contributed by atoms with Gasteiger partial charge in [0, 0.05) is 18.7 Å². The fourth-order valence-electron chi connectivity index (χ4n) is 1.88. The lowest BCUT2D eigenvalue weighted by Gasteiger charge is -2.26. The van der Waals surface area contributed by atoms with Crippen molar-refractivity contribution in [3.05, 3.63) is 33.9 Å². The number of hydrogen-bond donors (Lipinski definition) is 1. The first-order chi connectivity index (χ1) is 7.59. The van der Waals surface area contributed by atoms with Crippen LogP contribution in [0.1, 0.15) is 12.0 Å². The van der Waals surface area contributed by atoms with E-state index in [9.17, 15) is 14.9 Å². The van der Waals surface area contributed by atoms with Crippen LogP contribution in [0.5, 0.6) is 0 Å². The zero-order valence-corrected chi connectivity index (χ0v) is 8.42. The molecule has 0 unspecified atom stereocenters. The van der Waals surface area contributed by atoms with E-state index >= 15 is 0 Å². The maximum atomic E-state index is 11.0. The number of non-ortho nitro benzene ring substituents is 1. The van der Waals surface area contributed by atoms with E-state index in [1.807, 2.05) is 0 Å². The van der Waals surface area contributed by atoms with Crippen molar-refractivity contribution in [3.8, 4) is 0 Å². The first-order valence-corrected chi connectivity index (χ1v) is 4.87. The number of rotatable bonds is 1. The number of fused-ring (bicyclic) bond motifs is 1. The van der Waals surface area contributed by atoms with E-state index in [1.165, 1.54) is 12.1 Å². The van der Waals surface area contributed by atoms with E-state index in [0.717, 1.165) is 23.3 Å². The van der Waals surface area contributed by atoms with Crippen molar-refractivity contribution in [1.29, 1.82) is 0 Å². The van der Waals surface area contributed by atoms with Crippen molar-refractivity contribution < 1.29 is 14.8 Å². The van der Waals surface area contributed by atoms with Gasteiger partial charge in [-0.2, -0.15) is 0 Å². The van der Waals surface area contributed by atoms with Crippen LogP contribution in [0.15, 0.2) is 18.2 Å². The Bertz CT molecular complexity index is 458. The fraction of sp³-hybridized carbons (Fsp3) is 0.300. The van der Waals surface area contributed by atoms with E-state index in [2.05, 4.69) is 0 Å². The van der Waals surface area contributed by atoms with Gasteiger partial charge in [0.1, 0.15) is 0 Å². The molecule has 1 aliphatic heterocycles. The molecule has 6 nitrogen and oxygen atoms in total. The average Bonchev–Trinajstić information content (AvgIpc) is 2.27. The summed E-state index contributed by atoms with van der Waals surface area (Å²) in [4.78, 5) is 22.2. The number of carboxylic acid groups (broad SMARTS) is 1. The van der Waals surface area contributed by atoms with E-state index in [1.54, 1.807) is 6.07 Å². The third-order valence-electron chi connectivity index (χ3n) is 2.63. The highest BCUT2D eigenvalue weighted by atomic mass is 16.6. The second-order valence-corrected chi connectivity index (χ2v) is 3.61. The van der Waals surface area contributed by atoms with Gasteiger partial charge in [-0.15, -0.1) is 0 Å². The predicted molar refractivity (Wildman–Crippen MR) is 56.8 cm³/mol. The number of amides is 1. The number of nitro benzene ring substituents is 1. The number of anilines is 1. The molecule has 0 saturated heterocycles. The third kappa shape index (κ3) is 1.69. The number of nitrogens with zero attached hydrogens (tertiary/aromatic N) is 2. The van der Waals surface area contributed by atoms with Crippen molar-refractivity contribution in [1.82, 2.24) is 0 Å². The highest BCUT2D eigenvalue weighted by Crippen LogP contribution is 2.30. The monoisotopic (exact) mass is 222 g/mol. The molecule has 2 rings (SSSR count). The molecule has 16 heavy (non-hydrogen) atoms. The summed E-state index contributed by atoms with van der Waals surface area (Å²) in [7, 11) is 0. The molecular formula is C10H10N2O4. The normalized spacial score (nSPS) is 14.4. The van der Waals surface area contributed by atoms with Crippen LogP contribution < -0.4 is 4.90 Å². The Labute approximate surface area is 91.3 Å². The quantitative estimate of drug-likeness (QED) is 0.582. The molecule has 0 radical (unpaired) electrons. The SMILES string of the molecule is O=C(O)N1CCCc2ccc([N+](=O)[O-])cc21.